The van der Waals surface area contributed by atoms with Gasteiger partial charge in [-0.05, 0) is 6.42 Å². The van der Waals surface area contributed by atoms with Crippen LogP contribution in [0.2, 0.25) is 0 Å². The first-order chi connectivity index (χ1) is 6.13. The monoisotopic (exact) mass is 181 g/mol. The predicted molar refractivity (Wildman–Crippen MR) is 44.5 cm³/mol. The summed E-state index contributed by atoms with van der Waals surface area (Å²) < 4.78 is 0. The molecule has 2 amide bonds. The van der Waals surface area contributed by atoms with Crippen LogP contribution < -0.4 is 0 Å². The second-order valence-electron chi connectivity index (χ2n) is 3.52. The SMILES string of the molecule is CN1C(=O)C2C=CCC(O)C2C1=O. The van der Waals surface area contributed by atoms with Crippen LogP contribution in [0.3, 0.4) is 0 Å². The van der Waals surface area contributed by atoms with Gasteiger partial charge in [0, 0.05) is 7.05 Å². The fourth-order valence-corrected chi connectivity index (χ4v) is 1.98. The van der Waals surface area contributed by atoms with Crippen LogP contribution in [-0.4, -0.2) is 35.0 Å². The van der Waals surface area contributed by atoms with Crippen LogP contribution in [0.1, 0.15) is 6.42 Å². The van der Waals surface area contributed by atoms with E-state index >= 15 is 0 Å². The Bertz CT molecular complexity index is 297. The van der Waals surface area contributed by atoms with E-state index in [4.69, 9.17) is 0 Å². The predicted octanol–water partition coefficient (Wildman–Crippen LogP) is -0.462. The molecule has 1 N–H and O–H groups in total. The number of fused-ring (bicyclic) bond motifs is 1. The molecule has 0 radical (unpaired) electrons. The number of carbonyl (C=O) groups is 2. The molecule has 1 aliphatic heterocycles. The van der Waals surface area contributed by atoms with Gasteiger partial charge in [-0.25, -0.2) is 0 Å². The first-order valence-electron chi connectivity index (χ1n) is 4.29. The number of aliphatic hydroxyl groups excluding tert-OH is 1. The van der Waals surface area contributed by atoms with Crippen LogP contribution in [0.15, 0.2) is 12.2 Å². The lowest BCUT2D eigenvalue weighted by Gasteiger charge is -2.21. The molecule has 3 unspecified atom stereocenters. The molecule has 0 aromatic heterocycles. The van der Waals surface area contributed by atoms with E-state index in [2.05, 4.69) is 0 Å². The minimum atomic E-state index is -0.698. The van der Waals surface area contributed by atoms with E-state index in [0.717, 1.165) is 4.90 Å². The van der Waals surface area contributed by atoms with Crippen LogP contribution in [0.5, 0.6) is 0 Å². The molecule has 0 bridgehead atoms. The molecular weight excluding hydrogens is 170 g/mol. The fraction of sp³-hybridized carbons (Fsp3) is 0.556. The van der Waals surface area contributed by atoms with E-state index in [0.29, 0.717) is 6.42 Å². The number of hydrogen-bond acceptors (Lipinski definition) is 3. The highest BCUT2D eigenvalue weighted by Gasteiger charge is 2.48. The van der Waals surface area contributed by atoms with Crippen LogP contribution in [0.25, 0.3) is 0 Å². The van der Waals surface area contributed by atoms with Gasteiger partial charge in [0.15, 0.2) is 0 Å². The van der Waals surface area contributed by atoms with E-state index in [1.54, 1.807) is 12.2 Å². The molecule has 1 aliphatic carbocycles. The summed E-state index contributed by atoms with van der Waals surface area (Å²) in [5, 5.41) is 9.53. The Morgan fingerprint density at radius 3 is 2.77 bits per heavy atom. The van der Waals surface area contributed by atoms with Crippen molar-refractivity contribution in [2.75, 3.05) is 7.05 Å². The van der Waals surface area contributed by atoms with E-state index in [-0.39, 0.29) is 11.8 Å². The van der Waals surface area contributed by atoms with Gasteiger partial charge in [0.05, 0.1) is 17.9 Å². The Morgan fingerprint density at radius 2 is 2.15 bits per heavy atom. The molecule has 0 saturated carbocycles. The summed E-state index contributed by atoms with van der Waals surface area (Å²) in [5.74, 6) is -1.43. The minimum absolute atomic E-state index is 0.204. The zero-order chi connectivity index (χ0) is 9.59. The Morgan fingerprint density at radius 1 is 1.46 bits per heavy atom. The summed E-state index contributed by atoms with van der Waals surface area (Å²) in [4.78, 5) is 24.0. The molecule has 4 heteroatoms. The maximum absolute atomic E-state index is 11.5. The molecule has 70 valence electrons. The third-order valence-corrected chi connectivity index (χ3v) is 2.75. The molecule has 13 heavy (non-hydrogen) atoms. The maximum Gasteiger partial charge on any atom is 0.236 e. The molecule has 2 rings (SSSR count). The average Bonchev–Trinajstić information content (AvgIpc) is 2.33. The Labute approximate surface area is 75.8 Å². The molecule has 3 atom stereocenters. The molecule has 0 aromatic carbocycles. The zero-order valence-corrected chi connectivity index (χ0v) is 7.30. The molecular formula is C9H11NO3. The van der Waals surface area contributed by atoms with Crippen molar-refractivity contribution < 1.29 is 14.7 Å². The van der Waals surface area contributed by atoms with Crippen molar-refractivity contribution in [3.8, 4) is 0 Å². The summed E-state index contributed by atoms with van der Waals surface area (Å²) in [6, 6.07) is 0. The molecule has 1 heterocycles. The van der Waals surface area contributed by atoms with Crippen molar-refractivity contribution in [2.45, 2.75) is 12.5 Å². The number of nitrogens with zero attached hydrogens (tertiary/aromatic N) is 1. The number of amides is 2. The lowest BCUT2D eigenvalue weighted by molar-refractivity contribution is -0.138. The lowest BCUT2D eigenvalue weighted by Crippen LogP contribution is -2.33. The van der Waals surface area contributed by atoms with E-state index < -0.39 is 17.9 Å². The van der Waals surface area contributed by atoms with E-state index in [1.807, 2.05) is 0 Å². The highest BCUT2D eigenvalue weighted by molar-refractivity contribution is 6.06. The fourth-order valence-electron chi connectivity index (χ4n) is 1.98. The summed E-state index contributed by atoms with van der Waals surface area (Å²) in [6.45, 7) is 0. The Balaban J connectivity index is 2.38. The second kappa shape index (κ2) is 2.67. The standard InChI is InChI=1S/C9H11NO3/c1-10-8(12)5-3-2-4-6(11)7(5)9(10)13/h2-3,5-7,11H,4H2,1H3. The van der Waals surface area contributed by atoms with Crippen molar-refractivity contribution in [1.82, 2.24) is 4.90 Å². The third-order valence-electron chi connectivity index (χ3n) is 2.75. The van der Waals surface area contributed by atoms with Crippen LogP contribution in [0, 0.1) is 11.8 Å². The van der Waals surface area contributed by atoms with Crippen molar-refractivity contribution in [2.24, 2.45) is 11.8 Å². The van der Waals surface area contributed by atoms with Gasteiger partial charge in [0.25, 0.3) is 0 Å². The number of aliphatic hydroxyl groups is 1. The van der Waals surface area contributed by atoms with Gasteiger partial charge in [0.2, 0.25) is 11.8 Å². The molecule has 2 aliphatic rings. The van der Waals surface area contributed by atoms with Gasteiger partial charge in [-0.2, -0.15) is 0 Å². The number of rotatable bonds is 0. The Hall–Kier alpha value is -1.16. The summed E-state index contributed by atoms with van der Waals surface area (Å²) in [7, 11) is 1.46. The largest absolute Gasteiger partial charge is 0.392 e. The number of carbonyl (C=O) groups excluding carboxylic acids is 2. The average molecular weight is 181 g/mol. The number of hydrogen-bond donors (Lipinski definition) is 1. The molecule has 1 fully saturated rings. The summed E-state index contributed by atoms with van der Waals surface area (Å²) >= 11 is 0. The van der Waals surface area contributed by atoms with Crippen molar-refractivity contribution in [3.63, 3.8) is 0 Å². The molecule has 1 saturated heterocycles. The summed E-state index contributed by atoms with van der Waals surface area (Å²) in [5.41, 5.74) is 0. The molecule has 0 aromatic rings. The second-order valence-corrected chi connectivity index (χ2v) is 3.52. The van der Waals surface area contributed by atoms with Crippen LogP contribution >= 0.6 is 0 Å². The minimum Gasteiger partial charge on any atom is -0.392 e. The topological polar surface area (TPSA) is 57.6 Å². The molecule has 0 spiro atoms. The van der Waals surface area contributed by atoms with Gasteiger partial charge < -0.3 is 5.11 Å². The first-order valence-corrected chi connectivity index (χ1v) is 4.29. The van der Waals surface area contributed by atoms with Crippen molar-refractivity contribution >= 4 is 11.8 Å². The maximum atomic E-state index is 11.5. The van der Waals surface area contributed by atoms with Gasteiger partial charge in [-0.3, -0.25) is 14.5 Å². The van der Waals surface area contributed by atoms with Gasteiger partial charge in [-0.15, -0.1) is 0 Å². The van der Waals surface area contributed by atoms with Gasteiger partial charge in [-0.1, -0.05) is 12.2 Å². The van der Waals surface area contributed by atoms with Crippen LogP contribution in [-0.2, 0) is 9.59 Å². The summed E-state index contributed by atoms with van der Waals surface area (Å²) in [6.07, 6.45) is 3.25. The smallest absolute Gasteiger partial charge is 0.236 e. The van der Waals surface area contributed by atoms with E-state index in [1.165, 1.54) is 7.05 Å². The third kappa shape index (κ3) is 1.02. The molecule has 4 nitrogen and oxygen atoms in total. The number of imide groups is 1. The Kier molecular flexibility index (Phi) is 1.73. The lowest BCUT2D eigenvalue weighted by atomic mass is 9.84. The quantitative estimate of drug-likeness (QED) is 0.406. The van der Waals surface area contributed by atoms with Gasteiger partial charge in [0.1, 0.15) is 0 Å². The van der Waals surface area contributed by atoms with Crippen molar-refractivity contribution in [3.05, 3.63) is 12.2 Å². The highest BCUT2D eigenvalue weighted by atomic mass is 16.3. The van der Waals surface area contributed by atoms with Crippen molar-refractivity contribution in [1.29, 1.82) is 0 Å². The highest BCUT2D eigenvalue weighted by Crippen LogP contribution is 2.33. The van der Waals surface area contributed by atoms with E-state index in [9.17, 15) is 14.7 Å². The zero-order valence-electron chi connectivity index (χ0n) is 7.30. The van der Waals surface area contributed by atoms with Gasteiger partial charge >= 0.3 is 0 Å². The number of likely N-dealkylation sites (tertiary alicyclic amines) is 1. The van der Waals surface area contributed by atoms with Crippen LogP contribution in [0.4, 0.5) is 0 Å². The normalized spacial score (nSPS) is 38.3. The first kappa shape index (κ1) is 8.44.